The number of nitrogens with zero attached hydrogens (tertiary/aromatic N) is 3. The summed E-state index contributed by atoms with van der Waals surface area (Å²) in [5.41, 5.74) is 1.04. The molecule has 158 valence electrons. The molecule has 3 N–H and O–H groups in total. The summed E-state index contributed by atoms with van der Waals surface area (Å²) in [7, 11) is 0. The Morgan fingerprint density at radius 3 is 2.87 bits per heavy atom. The molecule has 9 nitrogen and oxygen atoms in total. The van der Waals surface area contributed by atoms with E-state index in [1.165, 1.54) is 0 Å². The van der Waals surface area contributed by atoms with Crippen molar-refractivity contribution >= 4 is 11.9 Å². The smallest absolute Gasteiger partial charge is 0.315 e. The number of piperazine rings is 1. The lowest BCUT2D eigenvalue weighted by Crippen LogP contribution is -2.58. The van der Waals surface area contributed by atoms with Crippen LogP contribution in [0.2, 0.25) is 0 Å². The van der Waals surface area contributed by atoms with E-state index >= 15 is 0 Å². The van der Waals surface area contributed by atoms with Crippen LogP contribution in [0.1, 0.15) is 42.5 Å². The fourth-order valence-corrected chi connectivity index (χ4v) is 4.33. The summed E-state index contributed by atoms with van der Waals surface area (Å²) in [6, 6.07) is 9.32. The highest BCUT2D eigenvalue weighted by Crippen LogP contribution is 2.39. The minimum atomic E-state index is -0.242. The van der Waals surface area contributed by atoms with Crippen molar-refractivity contribution in [1.82, 2.24) is 31.0 Å². The molecule has 1 aromatic heterocycles. The van der Waals surface area contributed by atoms with Crippen LogP contribution in [0.25, 0.3) is 0 Å². The molecule has 9 heteroatoms. The second-order valence-electron chi connectivity index (χ2n) is 8.37. The number of aromatic nitrogens is 2. The summed E-state index contributed by atoms with van der Waals surface area (Å²) in [4.78, 5) is 26.9. The molecule has 0 spiro atoms. The Morgan fingerprint density at radius 1 is 1.23 bits per heavy atom. The molecule has 1 aliphatic carbocycles. The molecular formula is C21H26N6O3. The molecule has 0 bridgehead atoms. The van der Waals surface area contributed by atoms with Gasteiger partial charge in [-0.3, -0.25) is 9.69 Å². The van der Waals surface area contributed by atoms with Crippen molar-refractivity contribution in [2.75, 3.05) is 13.1 Å². The molecule has 5 rings (SSSR count). The number of fused-ring (bicyclic) bond motifs is 1. The maximum Gasteiger partial charge on any atom is 0.315 e. The van der Waals surface area contributed by atoms with E-state index in [1.807, 2.05) is 30.3 Å². The Labute approximate surface area is 174 Å². The first-order valence-electron chi connectivity index (χ1n) is 10.6. The molecule has 0 unspecified atom stereocenters. The van der Waals surface area contributed by atoms with Gasteiger partial charge in [-0.1, -0.05) is 30.3 Å². The van der Waals surface area contributed by atoms with Gasteiger partial charge in [-0.05, 0) is 24.8 Å². The zero-order valence-electron chi connectivity index (χ0n) is 16.7. The highest BCUT2D eigenvalue weighted by atomic mass is 16.4. The Balaban J connectivity index is 1.17. The Bertz CT molecular complexity index is 912. The summed E-state index contributed by atoms with van der Waals surface area (Å²) in [6.45, 7) is 1.64. The van der Waals surface area contributed by atoms with Gasteiger partial charge in [-0.2, -0.15) is 0 Å². The van der Waals surface area contributed by atoms with E-state index in [4.69, 9.17) is 4.42 Å². The summed E-state index contributed by atoms with van der Waals surface area (Å²) in [6.07, 6.45) is 3.44. The fraction of sp³-hybridized carbons (Fsp3) is 0.524. The van der Waals surface area contributed by atoms with Gasteiger partial charge in [0, 0.05) is 44.1 Å². The number of hydrogen-bond donors (Lipinski definition) is 3. The largest absolute Gasteiger partial charge is 0.425 e. The first-order valence-corrected chi connectivity index (χ1v) is 10.6. The van der Waals surface area contributed by atoms with Gasteiger partial charge >= 0.3 is 6.03 Å². The van der Waals surface area contributed by atoms with E-state index in [2.05, 4.69) is 31.0 Å². The van der Waals surface area contributed by atoms with Gasteiger partial charge in [0.1, 0.15) is 0 Å². The predicted molar refractivity (Wildman–Crippen MR) is 107 cm³/mol. The van der Waals surface area contributed by atoms with Crippen LogP contribution in [-0.4, -0.2) is 58.3 Å². The van der Waals surface area contributed by atoms with Crippen LogP contribution in [0.5, 0.6) is 0 Å². The second-order valence-corrected chi connectivity index (χ2v) is 8.37. The Hall–Kier alpha value is -2.94. The third kappa shape index (κ3) is 4.16. The van der Waals surface area contributed by atoms with Gasteiger partial charge < -0.3 is 20.4 Å². The molecular weight excluding hydrogens is 384 g/mol. The van der Waals surface area contributed by atoms with Crippen molar-refractivity contribution in [2.24, 2.45) is 0 Å². The second kappa shape index (κ2) is 8.06. The number of rotatable bonds is 6. The van der Waals surface area contributed by atoms with Crippen LogP contribution in [0.15, 0.2) is 34.7 Å². The quantitative estimate of drug-likeness (QED) is 0.653. The lowest BCUT2D eigenvalue weighted by molar-refractivity contribution is -0.129. The normalized spacial score (nSPS) is 26.1. The number of carbonyl (C=O) groups is 2. The van der Waals surface area contributed by atoms with Crippen molar-refractivity contribution in [3.63, 3.8) is 0 Å². The zero-order chi connectivity index (χ0) is 20.5. The average Bonchev–Trinajstić information content (AvgIpc) is 3.35. The molecule has 3 atom stereocenters. The van der Waals surface area contributed by atoms with Crippen molar-refractivity contribution < 1.29 is 14.0 Å². The van der Waals surface area contributed by atoms with E-state index in [-0.39, 0.29) is 30.1 Å². The monoisotopic (exact) mass is 410 g/mol. The van der Waals surface area contributed by atoms with Gasteiger partial charge in [0.15, 0.2) is 0 Å². The number of urea groups is 1. The van der Waals surface area contributed by atoms with E-state index in [0.717, 1.165) is 24.3 Å². The number of amides is 3. The van der Waals surface area contributed by atoms with Gasteiger partial charge in [-0.15, -0.1) is 10.2 Å². The van der Waals surface area contributed by atoms with Crippen molar-refractivity contribution in [2.45, 2.75) is 56.3 Å². The van der Waals surface area contributed by atoms with Crippen molar-refractivity contribution in [3.05, 3.63) is 47.7 Å². The average molecular weight is 410 g/mol. The number of benzene rings is 1. The van der Waals surface area contributed by atoms with E-state index in [1.54, 1.807) is 0 Å². The van der Waals surface area contributed by atoms with E-state index in [9.17, 15) is 9.59 Å². The molecule has 3 amide bonds. The molecule has 3 aliphatic rings. The molecule has 0 radical (unpaired) electrons. The lowest BCUT2D eigenvalue weighted by Gasteiger charge is -2.36. The minimum Gasteiger partial charge on any atom is -0.425 e. The van der Waals surface area contributed by atoms with Gasteiger partial charge in [0.2, 0.25) is 17.7 Å². The maximum absolute atomic E-state index is 12.4. The third-order valence-corrected chi connectivity index (χ3v) is 6.07. The standard InChI is InChI=1S/C21H26N6O3/c28-19-17-8-15(24-21(29)23-10-13-4-2-1-3-5-13)12-27(17)16(11-22-19)9-18-25-26-20(30-18)14-6-7-14/h1-5,14-17H,6-12H2,(H,22,28)(H2,23,24,29)/t15-,16+,17-/m0/s1. The summed E-state index contributed by atoms with van der Waals surface area (Å²) >= 11 is 0. The first kappa shape index (κ1) is 19.0. The molecule has 1 saturated carbocycles. The Morgan fingerprint density at radius 2 is 2.07 bits per heavy atom. The highest BCUT2D eigenvalue weighted by Gasteiger charge is 2.44. The summed E-state index contributed by atoms with van der Waals surface area (Å²) in [5.74, 6) is 1.80. The van der Waals surface area contributed by atoms with E-state index in [0.29, 0.717) is 44.3 Å². The molecule has 30 heavy (non-hydrogen) atoms. The zero-order valence-corrected chi connectivity index (χ0v) is 16.7. The molecule has 2 aliphatic heterocycles. The lowest BCUT2D eigenvalue weighted by atomic mass is 10.1. The molecule has 1 aromatic carbocycles. The van der Waals surface area contributed by atoms with Crippen molar-refractivity contribution in [3.8, 4) is 0 Å². The first-order chi connectivity index (χ1) is 14.7. The molecule has 2 aromatic rings. The van der Waals surface area contributed by atoms with Crippen LogP contribution in [0, 0.1) is 0 Å². The number of hydrogen-bond acceptors (Lipinski definition) is 6. The van der Waals surface area contributed by atoms with Crippen LogP contribution >= 0.6 is 0 Å². The highest BCUT2D eigenvalue weighted by molar-refractivity contribution is 5.83. The van der Waals surface area contributed by atoms with Crippen LogP contribution in [-0.2, 0) is 17.8 Å². The van der Waals surface area contributed by atoms with Crippen LogP contribution < -0.4 is 16.0 Å². The number of nitrogens with one attached hydrogen (secondary N) is 3. The Kier molecular flexibility index (Phi) is 5.12. The van der Waals surface area contributed by atoms with Gasteiger partial charge in [-0.25, -0.2) is 4.79 Å². The predicted octanol–water partition coefficient (Wildman–Crippen LogP) is 0.930. The third-order valence-electron chi connectivity index (χ3n) is 6.07. The summed E-state index contributed by atoms with van der Waals surface area (Å²) in [5, 5.41) is 17.2. The fourth-order valence-electron chi connectivity index (χ4n) is 4.33. The maximum atomic E-state index is 12.4. The van der Waals surface area contributed by atoms with E-state index < -0.39 is 0 Å². The SMILES string of the molecule is O=C(NCc1ccccc1)N[C@H]1C[C@H]2C(=O)NC[C@@H](Cc3nnc(C4CC4)o3)N2C1. The summed E-state index contributed by atoms with van der Waals surface area (Å²) < 4.78 is 5.81. The van der Waals surface area contributed by atoms with Gasteiger partial charge in [0.05, 0.1) is 6.04 Å². The van der Waals surface area contributed by atoms with Crippen molar-refractivity contribution in [1.29, 1.82) is 0 Å². The topological polar surface area (TPSA) is 112 Å². The molecule has 2 saturated heterocycles. The molecule has 3 heterocycles. The number of carbonyl (C=O) groups excluding carboxylic acids is 2. The van der Waals surface area contributed by atoms with Crippen LogP contribution in [0.3, 0.4) is 0 Å². The minimum absolute atomic E-state index is 0.0180. The van der Waals surface area contributed by atoms with Crippen LogP contribution in [0.4, 0.5) is 4.79 Å². The van der Waals surface area contributed by atoms with Gasteiger partial charge in [0.25, 0.3) is 0 Å². The molecule has 3 fully saturated rings.